The van der Waals surface area contributed by atoms with E-state index in [0.29, 0.717) is 5.88 Å². The molecule has 2 rings (SSSR count). The molecule has 0 saturated heterocycles. The van der Waals surface area contributed by atoms with Crippen molar-refractivity contribution in [3.8, 4) is 11.5 Å². The van der Waals surface area contributed by atoms with Crippen LogP contribution in [-0.2, 0) is 5.88 Å². The summed E-state index contributed by atoms with van der Waals surface area (Å²) in [5.74, 6) is 2.21. The average molecular weight is 326 g/mol. The number of alkyl halides is 1. The number of rotatable bonds is 3. The maximum atomic E-state index is 5.97. The molecule has 18 heavy (non-hydrogen) atoms. The molecule has 0 aliphatic rings. The number of halogens is 2. The van der Waals surface area contributed by atoms with E-state index in [9.17, 15) is 0 Å². The van der Waals surface area contributed by atoms with Crippen molar-refractivity contribution in [2.24, 2.45) is 0 Å². The highest BCUT2D eigenvalue weighted by atomic mass is 79.9. The first-order valence-electron chi connectivity index (χ1n) is 5.69. The van der Waals surface area contributed by atoms with Crippen molar-refractivity contribution in [3.63, 3.8) is 0 Å². The fraction of sp³-hybridized carbons (Fsp3) is 0.200. The predicted molar refractivity (Wildman–Crippen MR) is 79.7 cm³/mol. The molecule has 2 aromatic carbocycles. The highest BCUT2D eigenvalue weighted by molar-refractivity contribution is 9.10. The van der Waals surface area contributed by atoms with Gasteiger partial charge < -0.3 is 4.74 Å². The summed E-state index contributed by atoms with van der Waals surface area (Å²) in [7, 11) is 0. The topological polar surface area (TPSA) is 9.23 Å². The van der Waals surface area contributed by atoms with E-state index >= 15 is 0 Å². The molecular formula is C15H14BrClO. The van der Waals surface area contributed by atoms with Crippen LogP contribution in [0.3, 0.4) is 0 Å². The summed E-state index contributed by atoms with van der Waals surface area (Å²) in [6, 6.07) is 12.0. The van der Waals surface area contributed by atoms with Crippen molar-refractivity contribution in [3.05, 3.63) is 57.6 Å². The lowest BCUT2D eigenvalue weighted by Crippen LogP contribution is -1.91. The van der Waals surface area contributed by atoms with Gasteiger partial charge in [0.15, 0.2) is 0 Å². The van der Waals surface area contributed by atoms with E-state index in [0.717, 1.165) is 32.7 Å². The predicted octanol–water partition coefficient (Wildman–Crippen LogP) is 5.60. The minimum atomic E-state index is 0.494. The second-order valence-electron chi connectivity index (χ2n) is 4.25. The van der Waals surface area contributed by atoms with E-state index in [-0.39, 0.29) is 0 Å². The Morgan fingerprint density at radius 3 is 2.28 bits per heavy atom. The summed E-state index contributed by atoms with van der Waals surface area (Å²) in [5.41, 5.74) is 3.27. The van der Waals surface area contributed by atoms with Crippen LogP contribution in [0.4, 0.5) is 0 Å². The lowest BCUT2D eigenvalue weighted by Gasteiger charge is -2.12. The monoisotopic (exact) mass is 324 g/mol. The minimum Gasteiger partial charge on any atom is -0.457 e. The molecule has 0 amide bonds. The number of aryl methyl sites for hydroxylation is 2. The standard InChI is InChI=1S/C15H14BrClO/c1-10-3-5-12(9-17)7-14(10)18-15-8-13(16)6-4-11(15)2/h3-8H,9H2,1-2H3. The molecule has 0 radical (unpaired) electrons. The van der Waals surface area contributed by atoms with Crippen LogP contribution >= 0.6 is 27.5 Å². The van der Waals surface area contributed by atoms with E-state index in [4.69, 9.17) is 16.3 Å². The van der Waals surface area contributed by atoms with Gasteiger partial charge in [-0.15, -0.1) is 11.6 Å². The first-order valence-corrected chi connectivity index (χ1v) is 7.02. The number of benzene rings is 2. The molecule has 0 aliphatic carbocycles. The van der Waals surface area contributed by atoms with Gasteiger partial charge >= 0.3 is 0 Å². The number of hydrogen-bond donors (Lipinski definition) is 0. The molecule has 1 nitrogen and oxygen atoms in total. The summed E-state index contributed by atoms with van der Waals surface area (Å²) in [6.45, 7) is 4.06. The molecule has 0 aromatic heterocycles. The van der Waals surface area contributed by atoms with Crippen molar-refractivity contribution < 1.29 is 4.74 Å². The normalized spacial score (nSPS) is 10.4. The highest BCUT2D eigenvalue weighted by Gasteiger charge is 2.06. The Morgan fingerprint density at radius 2 is 1.61 bits per heavy atom. The van der Waals surface area contributed by atoms with E-state index < -0.39 is 0 Å². The molecule has 0 bridgehead atoms. The van der Waals surface area contributed by atoms with Crippen molar-refractivity contribution in [2.45, 2.75) is 19.7 Å². The Morgan fingerprint density at radius 1 is 1.00 bits per heavy atom. The third kappa shape index (κ3) is 3.06. The Kier molecular flexibility index (Phi) is 4.31. The summed E-state index contributed by atoms with van der Waals surface area (Å²) >= 11 is 9.30. The molecule has 2 aromatic rings. The lowest BCUT2D eigenvalue weighted by molar-refractivity contribution is 0.474. The second-order valence-corrected chi connectivity index (χ2v) is 5.43. The third-order valence-electron chi connectivity index (χ3n) is 2.78. The quantitative estimate of drug-likeness (QED) is 0.668. The van der Waals surface area contributed by atoms with Crippen LogP contribution < -0.4 is 4.74 Å². The van der Waals surface area contributed by atoms with Crippen LogP contribution in [0, 0.1) is 13.8 Å². The Balaban J connectivity index is 2.36. The van der Waals surface area contributed by atoms with Crippen LogP contribution in [0.15, 0.2) is 40.9 Å². The molecule has 94 valence electrons. The van der Waals surface area contributed by atoms with Crippen LogP contribution in [-0.4, -0.2) is 0 Å². The summed E-state index contributed by atoms with van der Waals surface area (Å²) in [5, 5.41) is 0. The van der Waals surface area contributed by atoms with Gasteiger partial charge in [-0.3, -0.25) is 0 Å². The van der Waals surface area contributed by atoms with Crippen molar-refractivity contribution >= 4 is 27.5 Å². The van der Waals surface area contributed by atoms with Gasteiger partial charge in [-0.25, -0.2) is 0 Å². The molecule has 0 N–H and O–H groups in total. The van der Waals surface area contributed by atoms with Gasteiger partial charge in [0, 0.05) is 10.4 Å². The van der Waals surface area contributed by atoms with Crippen LogP contribution in [0.5, 0.6) is 11.5 Å². The van der Waals surface area contributed by atoms with Crippen molar-refractivity contribution in [1.82, 2.24) is 0 Å². The SMILES string of the molecule is Cc1ccc(Br)cc1Oc1cc(CCl)ccc1C. The van der Waals surface area contributed by atoms with Crippen molar-refractivity contribution in [1.29, 1.82) is 0 Å². The van der Waals surface area contributed by atoms with E-state index in [1.54, 1.807) is 0 Å². The lowest BCUT2D eigenvalue weighted by atomic mass is 10.1. The maximum Gasteiger partial charge on any atom is 0.131 e. The minimum absolute atomic E-state index is 0.494. The summed E-state index contributed by atoms with van der Waals surface area (Å²) in [6.07, 6.45) is 0. The Hall–Kier alpha value is -0.990. The Bertz CT molecular complexity index is 566. The van der Waals surface area contributed by atoms with Crippen LogP contribution in [0.25, 0.3) is 0 Å². The molecule has 0 saturated carbocycles. The maximum absolute atomic E-state index is 5.97. The smallest absolute Gasteiger partial charge is 0.131 e. The van der Waals surface area contributed by atoms with Gasteiger partial charge in [0.2, 0.25) is 0 Å². The van der Waals surface area contributed by atoms with Crippen LogP contribution in [0.2, 0.25) is 0 Å². The van der Waals surface area contributed by atoms with E-state index in [1.807, 2.05) is 50.2 Å². The van der Waals surface area contributed by atoms with Gasteiger partial charge in [-0.2, -0.15) is 0 Å². The zero-order chi connectivity index (χ0) is 13.1. The third-order valence-corrected chi connectivity index (χ3v) is 3.58. The van der Waals surface area contributed by atoms with E-state index in [1.165, 1.54) is 0 Å². The Labute approximate surface area is 121 Å². The average Bonchev–Trinajstić information content (AvgIpc) is 2.36. The molecule has 0 spiro atoms. The van der Waals surface area contributed by atoms with Crippen LogP contribution in [0.1, 0.15) is 16.7 Å². The zero-order valence-corrected chi connectivity index (χ0v) is 12.7. The van der Waals surface area contributed by atoms with E-state index in [2.05, 4.69) is 15.9 Å². The molecule has 0 fully saturated rings. The fourth-order valence-electron chi connectivity index (χ4n) is 1.64. The van der Waals surface area contributed by atoms with Crippen molar-refractivity contribution in [2.75, 3.05) is 0 Å². The fourth-order valence-corrected chi connectivity index (χ4v) is 2.15. The van der Waals surface area contributed by atoms with Gasteiger partial charge in [-0.05, 0) is 48.7 Å². The molecule has 0 atom stereocenters. The number of ether oxygens (including phenoxy) is 1. The largest absolute Gasteiger partial charge is 0.457 e. The van der Waals surface area contributed by atoms with Gasteiger partial charge in [-0.1, -0.05) is 34.1 Å². The van der Waals surface area contributed by atoms with Gasteiger partial charge in [0.05, 0.1) is 0 Å². The number of hydrogen-bond acceptors (Lipinski definition) is 1. The highest BCUT2D eigenvalue weighted by Crippen LogP contribution is 2.30. The van der Waals surface area contributed by atoms with Gasteiger partial charge in [0.1, 0.15) is 11.5 Å². The summed E-state index contributed by atoms with van der Waals surface area (Å²) < 4.78 is 6.98. The molecule has 3 heteroatoms. The first-order chi connectivity index (χ1) is 8.60. The molecule has 0 heterocycles. The molecule has 0 unspecified atom stereocenters. The second kappa shape index (κ2) is 5.77. The summed E-state index contributed by atoms with van der Waals surface area (Å²) in [4.78, 5) is 0. The zero-order valence-electron chi connectivity index (χ0n) is 10.3. The molecule has 0 aliphatic heterocycles. The molecular weight excluding hydrogens is 312 g/mol. The first kappa shape index (κ1) is 13.4. The van der Waals surface area contributed by atoms with Gasteiger partial charge in [0.25, 0.3) is 0 Å².